The van der Waals surface area contributed by atoms with E-state index in [-0.39, 0.29) is 29.6 Å². The second-order valence-corrected chi connectivity index (χ2v) is 2.89. The van der Waals surface area contributed by atoms with Gasteiger partial charge in [0.05, 0.1) is 18.9 Å². The van der Waals surface area contributed by atoms with E-state index in [9.17, 15) is 14.4 Å². The summed E-state index contributed by atoms with van der Waals surface area (Å²) in [5.41, 5.74) is -2.41. The van der Waals surface area contributed by atoms with E-state index >= 15 is 0 Å². The first-order valence-electron chi connectivity index (χ1n) is 4.02. The van der Waals surface area contributed by atoms with Crippen LogP contribution in [0.25, 0.3) is 0 Å². The standard InChI is InChI=1S/C8H9NO7.Na.H/c9-1-2-16-8(7(14)15,3-5(10)11)4-6(12)13;;/h2-4H2,(H,10,11)(H,12,13)(H,14,15);;. The number of ether oxygens (including phenoxy) is 1. The Morgan fingerprint density at radius 2 is 1.53 bits per heavy atom. The molecule has 0 aromatic heterocycles. The third kappa shape index (κ3) is 6.23. The van der Waals surface area contributed by atoms with Gasteiger partial charge in [0.1, 0.15) is 6.61 Å². The predicted molar refractivity (Wildman–Crippen MR) is 53.6 cm³/mol. The van der Waals surface area contributed by atoms with Crippen LogP contribution in [0.1, 0.15) is 12.8 Å². The van der Waals surface area contributed by atoms with Crippen LogP contribution < -0.4 is 0 Å². The number of aliphatic carboxylic acids is 3. The molecule has 0 fully saturated rings. The average Bonchev–Trinajstić information content (AvgIpc) is 2.11. The van der Waals surface area contributed by atoms with Gasteiger partial charge in [0.2, 0.25) is 0 Å². The Kier molecular flexibility index (Phi) is 8.61. The van der Waals surface area contributed by atoms with Crippen molar-refractivity contribution in [2.75, 3.05) is 6.61 Å². The first-order valence-corrected chi connectivity index (χ1v) is 4.02. The Bertz CT molecular complexity index is 332. The van der Waals surface area contributed by atoms with E-state index in [0.29, 0.717) is 0 Å². The molecule has 0 aromatic rings. The zero-order valence-corrected chi connectivity index (χ0v) is 8.04. The summed E-state index contributed by atoms with van der Waals surface area (Å²) >= 11 is 0. The van der Waals surface area contributed by atoms with E-state index in [1.54, 1.807) is 0 Å². The minimum atomic E-state index is -2.41. The van der Waals surface area contributed by atoms with Gasteiger partial charge in [-0.2, -0.15) is 5.26 Å². The second kappa shape index (κ2) is 8.03. The van der Waals surface area contributed by atoms with Gasteiger partial charge in [-0.1, -0.05) is 0 Å². The monoisotopic (exact) mass is 255 g/mol. The van der Waals surface area contributed by atoms with Gasteiger partial charge in [-0.3, -0.25) is 9.59 Å². The van der Waals surface area contributed by atoms with Crippen LogP contribution in [0, 0.1) is 11.3 Å². The molecule has 0 spiro atoms. The molecule has 9 heteroatoms. The summed E-state index contributed by atoms with van der Waals surface area (Å²) in [6.45, 7) is -0.702. The molecular formula is C8H10NNaO7. The van der Waals surface area contributed by atoms with Crippen LogP contribution in [0.3, 0.4) is 0 Å². The fourth-order valence-corrected chi connectivity index (χ4v) is 1.04. The maximum absolute atomic E-state index is 10.8. The number of carboxylic acids is 3. The molecule has 0 heterocycles. The SMILES string of the molecule is N#CCOC(CC(=O)O)(CC(=O)O)C(=O)O.[NaH]. The number of hydrogen-bond acceptors (Lipinski definition) is 5. The predicted octanol–water partition coefficient (Wildman–Crippen LogP) is -1.35. The van der Waals surface area contributed by atoms with Crippen molar-refractivity contribution < 1.29 is 34.4 Å². The molecule has 0 aromatic carbocycles. The molecule has 0 radical (unpaired) electrons. The molecule has 0 aliphatic rings. The first kappa shape index (κ1) is 18.2. The Balaban J connectivity index is 0. The summed E-state index contributed by atoms with van der Waals surface area (Å²) in [4.78, 5) is 31.7. The van der Waals surface area contributed by atoms with Gasteiger partial charge in [0, 0.05) is 0 Å². The van der Waals surface area contributed by atoms with E-state index in [2.05, 4.69) is 4.74 Å². The molecule has 0 amide bonds. The van der Waals surface area contributed by atoms with E-state index in [1.807, 2.05) is 0 Å². The molecule has 17 heavy (non-hydrogen) atoms. The van der Waals surface area contributed by atoms with Crippen LogP contribution in [-0.2, 0) is 19.1 Å². The molecule has 0 aliphatic carbocycles. The van der Waals surface area contributed by atoms with Crippen LogP contribution in [0.5, 0.6) is 0 Å². The third-order valence-corrected chi connectivity index (χ3v) is 1.68. The van der Waals surface area contributed by atoms with Crippen molar-refractivity contribution in [3.05, 3.63) is 0 Å². The molecule has 0 atom stereocenters. The van der Waals surface area contributed by atoms with Crippen molar-refractivity contribution in [2.45, 2.75) is 18.4 Å². The summed E-state index contributed by atoms with van der Waals surface area (Å²) in [7, 11) is 0. The fourth-order valence-electron chi connectivity index (χ4n) is 1.04. The number of carboxylic acid groups (broad SMARTS) is 3. The van der Waals surface area contributed by atoms with Crippen molar-refractivity contribution in [2.24, 2.45) is 0 Å². The summed E-state index contributed by atoms with van der Waals surface area (Å²) in [6.07, 6.45) is -2.06. The molecule has 0 saturated heterocycles. The van der Waals surface area contributed by atoms with Crippen molar-refractivity contribution in [1.29, 1.82) is 5.26 Å². The first-order chi connectivity index (χ1) is 7.34. The van der Waals surface area contributed by atoms with Crippen LogP contribution in [-0.4, -0.2) is 75.0 Å². The zero-order chi connectivity index (χ0) is 12.8. The van der Waals surface area contributed by atoms with E-state index < -0.39 is 43.0 Å². The molecule has 0 bridgehead atoms. The van der Waals surface area contributed by atoms with Crippen LogP contribution >= 0.6 is 0 Å². The van der Waals surface area contributed by atoms with E-state index in [0.717, 1.165) is 0 Å². The number of nitrogens with zero attached hydrogens (tertiary/aromatic N) is 1. The van der Waals surface area contributed by atoms with E-state index in [4.69, 9.17) is 20.6 Å². The molecule has 3 N–H and O–H groups in total. The van der Waals surface area contributed by atoms with Gasteiger partial charge in [-0.25, -0.2) is 4.79 Å². The maximum atomic E-state index is 10.8. The zero-order valence-electron chi connectivity index (χ0n) is 8.04. The second-order valence-electron chi connectivity index (χ2n) is 2.89. The molecule has 0 unspecified atom stereocenters. The summed E-state index contributed by atoms with van der Waals surface area (Å²) < 4.78 is 4.54. The Labute approximate surface area is 118 Å². The van der Waals surface area contributed by atoms with Crippen LogP contribution in [0.2, 0.25) is 0 Å². The average molecular weight is 255 g/mol. The quantitative estimate of drug-likeness (QED) is 0.473. The van der Waals surface area contributed by atoms with Crippen molar-refractivity contribution in [3.8, 4) is 6.07 Å². The van der Waals surface area contributed by atoms with E-state index in [1.165, 1.54) is 6.07 Å². The van der Waals surface area contributed by atoms with Gasteiger partial charge >= 0.3 is 47.5 Å². The van der Waals surface area contributed by atoms with Crippen molar-refractivity contribution in [1.82, 2.24) is 0 Å². The Hall–Kier alpha value is -1.14. The molecule has 0 rings (SSSR count). The topological polar surface area (TPSA) is 145 Å². The Morgan fingerprint density at radius 3 is 1.76 bits per heavy atom. The third-order valence-electron chi connectivity index (χ3n) is 1.68. The van der Waals surface area contributed by atoms with Crippen LogP contribution in [0.15, 0.2) is 0 Å². The molecule has 0 saturated carbocycles. The molecule has 90 valence electrons. The minimum absolute atomic E-state index is 0. The molecule has 0 aliphatic heterocycles. The number of rotatable bonds is 7. The van der Waals surface area contributed by atoms with Gasteiger partial charge in [-0.15, -0.1) is 0 Å². The number of carbonyl (C=O) groups is 3. The van der Waals surface area contributed by atoms with Gasteiger partial charge < -0.3 is 20.1 Å². The van der Waals surface area contributed by atoms with Crippen molar-refractivity contribution in [3.63, 3.8) is 0 Å². The Morgan fingerprint density at radius 1 is 1.12 bits per heavy atom. The van der Waals surface area contributed by atoms with Gasteiger partial charge in [0.15, 0.2) is 5.60 Å². The molecule has 8 nitrogen and oxygen atoms in total. The summed E-state index contributed by atoms with van der Waals surface area (Å²) in [5.74, 6) is -4.78. The summed E-state index contributed by atoms with van der Waals surface area (Å²) in [5, 5.41) is 34.0. The molecular weight excluding hydrogens is 245 g/mol. The van der Waals surface area contributed by atoms with Gasteiger partial charge in [-0.05, 0) is 0 Å². The summed E-state index contributed by atoms with van der Waals surface area (Å²) in [6, 6.07) is 1.45. The van der Waals surface area contributed by atoms with Crippen LogP contribution in [0.4, 0.5) is 0 Å². The van der Waals surface area contributed by atoms with Gasteiger partial charge in [0.25, 0.3) is 0 Å². The number of nitriles is 1. The number of hydrogen-bond donors (Lipinski definition) is 3. The fraction of sp³-hybridized carbons (Fsp3) is 0.500. The van der Waals surface area contributed by atoms with Crippen molar-refractivity contribution >= 4 is 47.5 Å². The normalized spacial score (nSPS) is 9.82.